The maximum absolute atomic E-state index is 12.8. The first kappa shape index (κ1) is 22.7. The van der Waals surface area contributed by atoms with Gasteiger partial charge in [0.15, 0.2) is 16.8 Å². The van der Waals surface area contributed by atoms with E-state index in [2.05, 4.69) is 39.8 Å². The van der Waals surface area contributed by atoms with Gasteiger partial charge in [-0.1, -0.05) is 66.4 Å². The van der Waals surface area contributed by atoms with Crippen molar-refractivity contribution in [3.63, 3.8) is 0 Å². The van der Waals surface area contributed by atoms with Crippen molar-refractivity contribution in [3.05, 3.63) is 108 Å². The maximum atomic E-state index is 12.8. The highest BCUT2D eigenvalue weighted by molar-refractivity contribution is 7.99. The third kappa shape index (κ3) is 5.05. The van der Waals surface area contributed by atoms with E-state index in [4.69, 9.17) is 4.74 Å². The molecule has 6 nitrogen and oxygen atoms in total. The molecule has 0 saturated carbocycles. The van der Waals surface area contributed by atoms with Crippen LogP contribution in [0.2, 0.25) is 0 Å². The Balaban J connectivity index is 1.38. The Bertz CT molecular complexity index is 1440. The van der Waals surface area contributed by atoms with Crippen molar-refractivity contribution in [1.82, 2.24) is 14.8 Å². The van der Waals surface area contributed by atoms with Crippen molar-refractivity contribution in [2.45, 2.75) is 11.7 Å². The number of Topliss-reactive ketones (excluding diaryl/α,β-unsaturated/α-hetero) is 1. The van der Waals surface area contributed by atoms with E-state index in [-0.39, 0.29) is 11.5 Å². The summed E-state index contributed by atoms with van der Waals surface area (Å²) in [6.07, 6.45) is 0. The lowest BCUT2D eigenvalue weighted by atomic mass is 10.1. The number of anilines is 1. The van der Waals surface area contributed by atoms with Crippen LogP contribution in [0.3, 0.4) is 0 Å². The Morgan fingerprint density at radius 1 is 0.886 bits per heavy atom. The number of methoxy groups -OCH3 is 1. The van der Waals surface area contributed by atoms with Gasteiger partial charge in [-0.05, 0) is 47.9 Å². The molecule has 1 heterocycles. The molecule has 174 valence electrons. The lowest BCUT2D eigenvalue weighted by Gasteiger charge is -2.12. The zero-order chi connectivity index (χ0) is 24.0. The number of benzene rings is 4. The average Bonchev–Trinajstić information content (AvgIpc) is 3.33. The van der Waals surface area contributed by atoms with Crippen molar-refractivity contribution in [3.8, 4) is 11.4 Å². The van der Waals surface area contributed by atoms with Gasteiger partial charge in [-0.25, -0.2) is 0 Å². The fourth-order valence-corrected chi connectivity index (χ4v) is 4.75. The number of ether oxygens (including phenoxy) is 1. The Kier molecular flexibility index (Phi) is 6.77. The second kappa shape index (κ2) is 10.4. The number of rotatable bonds is 9. The number of hydrogen-bond acceptors (Lipinski definition) is 6. The molecule has 0 aliphatic heterocycles. The molecule has 0 fully saturated rings. The molecule has 0 aliphatic carbocycles. The molecule has 5 rings (SSSR count). The van der Waals surface area contributed by atoms with E-state index in [0.29, 0.717) is 17.3 Å². The van der Waals surface area contributed by atoms with Crippen LogP contribution in [0.1, 0.15) is 16.2 Å². The van der Waals surface area contributed by atoms with Crippen LogP contribution in [0.4, 0.5) is 5.69 Å². The van der Waals surface area contributed by atoms with Gasteiger partial charge in [-0.3, -0.25) is 9.36 Å². The number of ketones is 1. The topological polar surface area (TPSA) is 69.0 Å². The molecule has 0 saturated heterocycles. The third-order valence-electron chi connectivity index (χ3n) is 5.69. The van der Waals surface area contributed by atoms with Crippen molar-refractivity contribution in [2.75, 3.05) is 18.2 Å². The summed E-state index contributed by atoms with van der Waals surface area (Å²) in [5.74, 6) is 1.77. The second-order valence-corrected chi connectivity index (χ2v) is 8.83. The molecule has 0 amide bonds. The summed E-state index contributed by atoms with van der Waals surface area (Å²) in [5, 5.41) is 15.4. The standard InChI is InChI=1S/C28H24N4O2S/c1-34-23-16-14-21(15-17-23)26(33)19-35-28-31-30-27(32(28)22-10-3-2-4-11-22)18-29-25-13-7-9-20-8-5-6-12-24(20)25/h2-17,29H,18-19H2,1H3. The molecule has 0 bridgehead atoms. The largest absolute Gasteiger partial charge is 0.497 e. The van der Waals surface area contributed by atoms with E-state index in [1.54, 1.807) is 31.4 Å². The minimum absolute atomic E-state index is 0.0238. The van der Waals surface area contributed by atoms with Gasteiger partial charge in [0.2, 0.25) is 0 Å². The van der Waals surface area contributed by atoms with Gasteiger partial charge in [-0.2, -0.15) is 0 Å². The molecule has 0 unspecified atom stereocenters. The van der Waals surface area contributed by atoms with Gasteiger partial charge in [0, 0.05) is 22.3 Å². The zero-order valence-electron chi connectivity index (χ0n) is 19.2. The Hall–Kier alpha value is -4.10. The lowest BCUT2D eigenvalue weighted by Crippen LogP contribution is -2.09. The Morgan fingerprint density at radius 2 is 1.63 bits per heavy atom. The summed E-state index contributed by atoms with van der Waals surface area (Å²) in [6.45, 7) is 0.489. The molecular formula is C28H24N4O2S. The quantitative estimate of drug-likeness (QED) is 0.206. The Labute approximate surface area is 208 Å². The van der Waals surface area contributed by atoms with Gasteiger partial charge < -0.3 is 10.1 Å². The smallest absolute Gasteiger partial charge is 0.196 e. The third-order valence-corrected chi connectivity index (χ3v) is 6.61. The Morgan fingerprint density at radius 3 is 2.43 bits per heavy atom. The number of carbonyl (C=O) groups is 1. The molecule has 35 heavy (non-hydrogen) atoms. The van der Waals surface area contributed by atoms with Crippen LogP contribution >= 0.6 is 11.8 Å². The molecule has 4 aromatic carbocycles. The first-order valence-corrected chi connectivity index (χ1v) is 12.2. The molecule has 0 radical (unpaired) electrons. The van der Waals surface area contributed by atoms with Gasteiger partial charge in [0.25, 0.3) is 0 Å². The summed E-state index contributed by atoms with van der Waals surface area (Å²) in [6, 6.07) is 31.6. The van der Waals surface area contributed by atoms with E-state index >= 15 is 0 Å². The fourth-order valence-electron chi connectivity index (χ4n) is 3.89. The summed E-state index contributed by atoms with van der Waals surface area (Å²) in [7, 11) is 1.61. The summed E-state index contributed by atoms with van der Waals surface area (Å²) in [5.41, 5.74) is 2.63. The lowest BCUT2D eigenvalue weighted by molar-refractivity contribution is 0.102. The van der Waals surface area contributed by atoms with Gasteiger partial charge in [0.05, 0.1) is 19.4 Å². The van der Waals surface area contributed by atoms with Crippen molar-refractivity contribution in [2.24, 2.45) is 0 Å². The number of nitrogens with zero attached hydrogens (tertiary/aromatic N) is 3. The van der Waals surface area contributed by atoms with Gasteiger partial charge in [-0.15, -0.1) is 10.2 Å². The predicted molar refractivity (Wildman–Crippen MR) is 141 cm³/mol. The number of carbonyl (C=O) groups excluding carboxylic acids is 1. The van der Waals surface area contributed by atoms with Crippen LogP contribution in [0.5, 0.6) is 5.75 Å². The maximum Gasteiger partial charge on any atom is 0.196 e. The highest BCUT2D eigenvalue weighted by atomic mass is 32.2. The molecule has 1 aromatic heterocycles. The number of thioether (sulfide) groups is 1. The zero-order valence-corrected chi connectivity index (χ0v) is 20.0. The van der Waals surface area contributed by atoms with Crippen molar-refractivity contribution < 1.29 is 9.53 Å². The predicted octanol–water partition coefficient (Wildman–Crippen LogP) is 6.02. The minimum atomic E-state index is 0.0238. The molecule has 0 aliphatic rings. The normalized spacial score (nSPS) is 10.9. The van der Waals surface area contributed by atoms with E-state index in [1.165, 1.54) is 17.1 Å². The molecule has 0 spiro atoms. The van der Waals surface area contributed by atoms with Crippen LogP contribution in [0.15, 0.2) is 102 Å². The SMILES string of the molecule is COc1ccc(C(=O)CSc2nnc(CNc3cccc4ccccc34)n2-c2ccccc2)cc1. The monoisotopic (exact) mass is 480 g/mol. The number of para-hydroxylation sites is 1. The summed E-state index contributed by atoms with van der Waals surface area (Å²) >= 11 is 1.38. The highest BCUT2D eigenvalue weighted by Crippen LogP contribution is 2.26. The van der Waals surface area contributed by atoms with E-state index in [1.807, 2.05) is 53.1 Å². The number of hydrogen-bond donors (Lipinski definition) is 1. The van der Waals surface area contributed by atoms with Gasteiger partial charge >= 0.3 is 0 Å². The summed E-state index contributed by atoms with van der Waals surface area (Å²) in [4.78, 5) is 12.8. The van der Waals surface area contributed by atoms with Crippen LogP contribution in [-0.4, -0.2) is 33.4 Å². The molecule has 1 N–H and O–H groups in total. The number of nitrogens with one attached hydrogen (secondary N) is 1. The minimum Gasteiger partial charge on any atom is -0.497 e. The fraction of sp³-hybridized carbons (Fsp3) is 0.107. The first-order valence-electron chi connectivity index (χ1n) is 11.2. The molecular weight excluding hydrogens is 456 g/mol. The second-order valence-electron chi connectivity index (χ2n) is 7.89. The molecule has 7 heteroatoms. The van der Waals surface area contributed by atoms with Crippen LogP contribution in [0, 0.1) is 0 Å². The number of aromatic nitrogens is 3. The first-order chi connectivity index (χ1) is 17.2. The summed E-state index contributed by atoms with van der Waals surface area (Å²) < 4.78 is 7.18. The van der Waals surface area contributed by atoms with Crippen LogP contribution in [0.25, 0.3) is 16.5 Å². The average molecular weight is 481 g/mol. The van der Waals surface area contributed by atoms with E-state index in [0.717, 1.165) is 28.3 Å². The highest BCUT2D eigenvalue weighted by Gasteiger charge is 2.17. The van der Waals surface area contributed by atoms with Crippen LogP contribution in [-0.2, 0) is 6.54 Å². The van der Waals surface area contributed by atoms with Crippen molar-refractivity contribution in [1.29, 1.82) is 0 Å². The molecule has 0 atom stereocenters. The molecule has 5 aromatic rings. The van der Waals surface area contributed by atoms with Crippen LogP contribution < -0.4 is 10.1 Å². The van der Waals surface area contributed by atoms with E-state index < -0.39 is 0 Å². The van der Waals surface area contributed by atoms with Gasteiger partial charge in [0.1, 0.15) is 5.75 Å². The van der Waals surface area contributed by atoms with E-state index in [9.17, 15) is 4.79 Å². The number of fused-ring (bicyclic) bond motifs is 1. The van der Waals surface area contributed by atoms with Crippen molar-refractivity contribution >= 4 is 34.0 Å².